The van der Waals surface area contributed by atoms with Crippen LogP contribution < -0.4 is 5.73 Å². The summed E-state index contributed by atoms with van der Waals surface area (Å²) in [6.45, 7) is 2.05. The number of fused-ring (bicyclic) bond motifs is 1. The molecule has 1 amide bonds. The van der Waals surface area contributed by atoms with Gasteiger partial charge in [-0.15, -0.1) is 0 Å². The Labute approximate surface area is 144 Å². The lowest BCUT2D eigenvalue weighted by Gasteiger charge is -2.05. The number of nitrogens with zero attached hydrogens (tertiary/aromatic N) is 2. The molecule has 0 bridgehead atoms. The van der Waals surface area contributed by atoms with Crippen LogP contribution in [0.4, 0.5) is 0 Å². The van der Waals surface area contributed by atoms with E-state index in [4.69, 9.17) is 5.73 Å². The largest absolute Gasteiger partial charge is 0.366 e. The smallest absolute Gasteiger partial charge is 0.250 e. The Bertz CT molecular complexity index is 1070. The molecule has 0 unspecified atom stereocenters. The number of hydrogen-bond acceptors (Lipinski definition) is 3. The molecule has 0 radical (unpaired) electrons. The van der Waals surface area contributed by atoms with Crippen molar-refractivity contribution in [2.24, 2.45) is 5.73 Å². The van der Waals surface area contributed by atoms with Gasteiger partial charge in [0.15, 0.2) is 0 Å². The molecule has 4 rings (SSSR count). The van der Waals surface area contributed by atoms with Crippen molar-refractivity contribution in [1.82, 2.24) is 15.0 Å². The first-order valence-electron chi connectivity index (χ1n) is 7.91. The first-order valence-corrected chi connectivity index (χ1v) is 7.91. The van der Waals surface area contributed by atoms with Crippen LogP contribution in [0.2, 0.25) is 0 Å². The number of nitrogens with two attached hydrogens (primary N) is 1. The molecular formula is C20H16N4O. The summed E-state index contributed by atoms with van der Waals surface area (Å²) in [6.07, 6.45) is 5.00. The van der Waals surface area contributed by atoms with Crippen molar-refractivity contribution >= 4 is 16.8 Å². The normalized spacial score (nSPS) is 10.9. The maximum Gasteiger partial charge on any atom is 0.250 e. The highest BCUT2D eigenvalue weighted by atomic mass is 16.1. The van der Waals surface area contributed by atoms with Crippen molar-refractivity contribution in [2.75, 3.05) is 0 Å². The highest BCUT2D eigenvalue weighted by molar-refractivity contribution is 6.10. The summed E-state index contributed by atoms with van der Waals surface area (Å²) in [5.41, 5.74) is 11.8. The molecule has 25 heavy (non-hydrogen) atoms. The first kappa shape index (κ1) is 15.1. The van der Waals surface area contributed by atoms with E-state index in [2.05, 4.69) is 39.2 Å². The Hall–Kier alpha value is -3.47. The SMILES string of the molecule is Cc1ccc(-c2cc3c(-c4cncnc4)ccc(C(N)=O)c3[nH]2)cc1. The van der Waals surface area contributed by atoms with E-state index in [1.54, 1.807) is 18.5 Å². The second-order valence-electron chi connectivity index (χ2n) is 5.99. The van der Waals surface area contributed by atoms with Gasteiger partial charge in [-0.25, -0.2) is 9.97 Å². The molecule has 5 nitrogen and oxygen atoms in total. The van der Waals surface area contributed by atoms with Gasteiger partial charge in [0, 0.05) is 29.0 Å². The molecule has 0 saturated carbocycles. The Morgan fingerprint density at radius 3 is 2.40 bits per heavy atom. The second-order valence-corrected chi connectivity index (χ2v) is 5.99. The maximum atomic E-state index is 11.8. The molecule has 0 spiro atoms. The van der Waals surface area contributed by atoms with E-state index >= 15 is 0 Å². The fourth-order valence-corrected chi connectivity index (χ4v) is 3.00. The predicted octanol–water partition coefficient (Wildman–Crippen LogP) is 3.70. The van der Waals surface area contributed by atoms with Crippen molar-refractivity contribution in [3.8, 4) is 22.4 Å². The van der Waals surface area contributed by atoms with Crippen LogP contribution in [0.15, 0.2) is 61.2 Å². The fraction of sp³-hybridized carbons (Fsp3) is 0.0500. The second kappa shape index (κ2) is 5.87. The average molecular weight is 328 g/mol. The molecule has 0 fully saturated rings. The monoisotopic (exact) mass is 328 g/mol. The molecular weight excluding hydrogens is 312 g/mol. The third kappa shape index (κ3) is 2.65. The highest BCUT2D eigenvalue weighted by Gasteiger charge is 2.15. The number of carbonyl (C=O) groups is 1. The Kier molecular flexibility index (Phi) is 3.54. The molecule has 2 aromatic heterocycles. The van der Waals surface area contributed by atoms with Crippen LogP contribution in [0, 0.1) is 6.92 Å². The molecule has 5 heteroatoms. The summed E-state index contributed by atoms with van der Waals surface area (Å²) in [5, 5.41) is 0.918. The summed E-state index contributed by atoms with van der Waals surface area (Å²) in [5.74, 6) is -0.460. The van der Waals surface area contributed by atoms with Gasteiger partial charge in [0.2, 0.25) is 0 Å². The minimum absolute atomic E-state index is 0.460. The quantitative estimate of drug-likeness (QED) is 0.601. The lowest BCUT2D eigenvalue weighted by atomic mass is 10.0. The molecule has 0 aliphatic carbocycles. The number of aryl methyl sites for hydroxylation is 1. The van der Waals surface area contributed by atoms with Crippen molar-refractivity contribution in [3.63, 3.8) is 0 Å². The zero-order valence-corrected chi connectivity index (χ0v) is 13.7. The lowest BCUT2D eigenvalue weighted by molar-refractivity contribution is 0.100. The highest BCUT2D eigenvalue weighted by Crippen LogP contribution is 2.33. The van der Waals surface area contributed by atoms with Gasteiger partial charge < -0.3 is 10.7 Å². The Morgan fingerprint density at radius 1 is 1.00 bits per heavy atom. The van der Waals surface area contributed by atoms with Crippen LogP contribution in [0.1, 0.15) is 15.9 Å². The van der Waals surface area contributed by atoms with E-state index in [1.807, 2.05) is 19.1 Å². The number of nitrogens with one attached hydrogen (secondary N) is 1. The average Bonchev–Trinajstić information content (AvgIpc) is 3.07. The van der Waals surface area contributed by atoms with Crippen molar-refractivity contribution in [2.45, 2.75) is 6.92 Å². The van der Waals surface area contributed by atoms with Crippen LogP contribution in [0.5, 0.6) is 0 Å². The van der Waals surface area contributed by atoms with Gasteiger partial charge >= 0.3 is 0 Å². The number of hydrogen-bond donors (Lipinski definition) is 2. The van der Waals surface area contributed by atoms with Gasteiger partial charge in [-0.1, -0.05) is 35.9 Å². The van der Waals surface area contributed by atoms with Crippen molar-refractivity contribution < 1.29 is 4.79 Å². The van der Waals surface area contributed by atoms with E-state index in [-0.39, 0.29) is 0 Å². The molecule has 3 N–H and O–H groups in total. The topological polar surface area (TPSA) is 84.7 Å². The number of primary amides is 1. The number of amides is 1. The molecule has 2 aromatic carbocycles. The minimum Gasteiger partial charge on any atom is -0.366 e. The van der Waals surface area contributed by atoms with E-state index in [9.17, 15) is 4.79 Å². The predicted molar refractivity (Wildman–Crippen MR) is 98.0 cm³/mol. The first-order chi connectivity index (χ1) is 12.1. The van der Waals surface area contributed by atoms with E-state index in [0.717, 1.165) is 33.3 Å². The third-order valence-corrected chi connectivity index (χ3v) is 4.29. The lowest BCUT2D eigenvalue weighted by Crippen LogP contribution is -2.11. The summed E-state index contributed by atoms with van der Waals surface area (Å²) in [6, 6.07) is 13.9. The summed E-state index contributed by atoms with van der Waals surface area (Å²) in [4.78, 5) is 23.4. The van der Waals surface area contributed by atoms with Gasteiger partial charge in [0.05, 0.1) is 11.1 Å². The molecule has 0 aliphatic heterocycles. The number of carbonyl (C=O) groups excluding carboxylic acids is 1. The number of aromatic nitrogens is 3. The van der Waals surface area contributed by atoms with E-state index in [1.165, 1.54) is 11.9 Å². The molecule has 0 atom stereocenters. The van der Waals surface area contributed by atoms with Crippen LogP contribution in [-0.2, 0) is 0 Å². The van der Waals surface area contributed by atoms with Gasteiger partial charge in [0.25, 0.3) is 5.91 Å². The van der Waals surface area contributed by atoms with Crippen LogP contribution >= 0.6 is 0 Å². The number of rotatable bonds is 3. The number of benzene rings is 2. The molecule has 0 aliphatic rings. The molecule has 2 heterocycles. The summed E-state index contributed by atoms with van der Waals surface area (Å²) < 4.78 is 0. The number of aromatic amines is 1. The number of H-pyrrole nitrogens is 1. The van der Waals surface area contributed by atoms with Crippen molar-refractivity contribution in [1.29, 1.82) is 0 Å². The zero-order chi connectivity index (χ0) is 17.4. The Morgan fingerprint density at radius 2 is 1.72 bits per heavy atom. The summed E-state index contributed by atoms with van der Waals surface area (Å²) in [7, 11) is 0. The summed E-state index contributed by atoms with van der Waals surface area (Å²) >= 11 is 0. The zero-order valence-electron chi connectivity index (χ0n) is 13.7. The van der Waals surface area contributed by atoms with E-state index in [0.29, 0.717) is 5.56 Å². The van der Waals surface area contributed by atoms with Gasteiger partial charge in [-0.3, -0.25) is 4.79 Å². The molecule has 122 valence electrons. The van der Waals surface area contributed by atoms with Crippen LogP contribution in [0.3, 0.4) is 0 Å². The van der Waals surface area contributed by atoms with Gasteiger partial charge in [-0.05, 0) is 30.2 Å². The van der Waals surface area contributed by atoms with Gasteiger partial charge in [0.1, 0.15) is 6.33 Å². The Balaban J connectivity index is 1.98. The fourth-order valence-electron chi connectivity index (χ4n) is 3.00. The maximum absolute atomic E-state index is 11.8. The third-order valence-electron chi connectivity index (χ3n) is 4.29. The molecule has 4 aromatic rings. The van der Waals surface area contributed by atoms with E-state index < -0.39 is 5.91 Å². The van der Waals surface area contributed by atoms with Crippen LogP contribution in [-0.4, -0.2) is 20.9 Å². The van der Waals surface area contributed by atoms with Gasteiger partial charge in [-0.2, -0.15) is 0 Å². The van der Waals surface area contributed by atoms with Crippen molar-refractivity contribution in [3.05, 3.63) is 72.3 Å². The molecule has 0 saturated heterocycles. The minimum atomic E-state index is -0.460. The standard InChI is InChI=1S/C20H16N4O/c1-12-2-4-13(5-3-12)18-8-17-15(14-9-22-11-23-10-14)6-7-16(20(21)25)19(17)24-18/h2-11,24H,1H3,(H2,21,25). The van der Waals surface area contributed by atoms with Crippen LogP contribution in [0.25, 0.3) is 33.3 Å².